The number of anilines is 1. The molecule has 0 aliphatic carbocycles. The number of hydrogen-bond acceptors (Lipinski definition) is 4. The topological polar surface area (TPSA) is 72.0 Å². The molecule has 1 aromatic carbocycles. The van der Waals surface area contributed by atoms with Crippen LogP contribution in [0.3, 0.4) is 0 Å². The van der Waals surface area contributed by atoms with E-state index in [0.29, 0.717) is 11.1 Å². The monoisotopic (exact) mass is 311 g/mol. The fourth-order valence-corrected chi connectivity index (χ4v) is 3.77. The minimum Gasteiger partial charge on any atom is -0.263 e. The van der Waals surface area contributed by atoms with Gasteiger partial charge in [0.1, 0.15) is 17.3 Å². The molecule has 1 N–H and O–H groups in total. The molecule has 0 amide bonds. The molecule has 1 heterocycles. The summed E-state index contributed by atoms with van der Waals surface area (Å²) in [5.41, 5.74) is 2.40. The summed E-state index contributed by atoms with van der Waals surface area (Å²) in [5, 5.41) is 0.176. The van der Waals surface area contributed by atoms with Gasteiger partial charge in [0.05, 0.1) is 4.90 Å². The van der Waals surface area contributed by atoms with Crippen molar-refractivity contribution in [2.75, 3.05) is 4.72 Å². The van der Waals surface area contributed by atoms with E-state index in [1.54, 1.807) is 13.8 Å². The van der Waals surface area contributed by atoms with E-state index in [4.69, 9.17) is 11.6 Å². The lowest BCUT2D eigenvalue weighted by Gasteiger charge is -2.13. The van der Waals surface area contributed by atoms with Gasteiger partial charge >= 0.3 is 0 Å². The Labute approximate surface area is 123 Å². The lowest BCUT2D eigenvalue weighted by Crippen LogP contribution is -2.16. The minimum absolute atomic E-state index is 0.143. The highest BCUT2D eigenvalue weighted by atomic mass is 35.5. The molecule has 106 valence electrons. The van der Waals surface area contributed by atoms with Gasteiger partial charge < -0.3 is 0 Å². The average Bonchev–Trinajstić information content (AvgIpc) is 2.25. The first-order valence-corrected chi connectivity index (χ1v) is 7.74. The highest BCUT2D eigenvalue weighted by molar-refractivity contribution is 7.92. The second-order valence-electron chi connectivity index (χ2n) is 4.56. The Morgan fingerprint density at radius 1 is 1.05 bits per heavy atom. The molecular weight excluding hydrogens is 298 g/mol. The van der Waals surface area contributed by atoms with Crippen LogP contribution < -0.4 is 4.72 Å². The second kappa shape index (κ2) is 5.38. The number of sulfonamides is 1. The Bertz CT molecular complexity index is 737. The first-order chi connectivity index (χ1) is 9.29. The van der Waals surface area contributed by atoms with E-state index in [1.165, 1.54) is 12.4 Å². The molecule has 0 saturated heterocycles. The molecule has 0 saturated carbocycles. The molecule has 0 aliphatic heterocycles. The van der Waals surface area contributed by atoms with Crippen LogP contribution in [0.5, 0.6) is 0 Å². The molecule has 0 atom stereocenters. The van der Waals surface area contributed by atoms with Crippen LogP contribution in [0, 0.1) is 20.8 Å². The molecule has 20 heavy (non-hydrogen) atoms. The molecule has 0 bridgehead atoms. The maximum absolute atomic E-state index is 12.5. The van der Waals surface area contributed by atoms with Gasteiger partial charge in [0.15, 0.2) is 0 Å². The van der Waals surface area contributed by atoms with Crippen molar-refractivity contribution in [2.24, 2.45) is 0 Å². The number of nitrogens with one attached hydrogen (secondary N) is 1. The molecule has 0 radical (unpaired) electrons. The first-order valence-electron chi connectivity index (χ1n) is 5.88. The maximum Gasteiger partial charge on any atom is 0.263 e. The Balaban J connectivity index is 2.46. The summed E-state index contributed by atoms with van der Waals surface area (Å²) in [6.07, 6.45) is 1.20. The zero-order valence-corrected chi connectivity index (χ0v) is 12.9. The van der Waals surface area contributed by atoms with Gasteiger partial charge in [0, 0.05) is 6.07 Å². The number of benzene rings is 1. The van der Waals surface area contributed by atoms with Crippen LogP contribution in [0.2, 0.25) is 5.15 Å². The van der Waals surface area contributed by atoms with Crippen molar-refractivity contribution in [2.45, 2.75) is 25.7 Å². The Hall–Kier alpha value is -1.66. The van der Waals surface area contributed by atoms with Gasteiger partial charge in [-0.05, 0) is 31.9 Å². The van der Waals surface area contributed by atoms with Crippen LogP contribution in [0.1, 0.15) is 16.7 Å². The Morgan fingerprint density at radius 3 is 2.20 bits per heavy atom. The summed E-state index contributed by atoms with van der Waals surface area (Å²) in [5.74, 6) is 0.143. The van der Waals surface area contributed by atoms with Gasteiger partial charge in [-0.25, -0.2) is 18.4 Å². The molecule has 0 fully saturated rings. The number of rotatable bonds is 3. The van der Waals surface area contributed by atoms with Crippen LogP contribution in [0.25, 0.3) is 0 Å². The van der Waals surface area contributed by atoms with Crippen LogP contribution in [0.15, 0.2) is 29.4 Å². The fraction of sp³-hybridized carbons (Fsp3) is 0.231. The zero-order chi connectivity index (χ0) is 14.9. The van der Waals surface area contributed by atoms with Crippen molar-refractivity contribution in [1.82, 2.24) is 9.97 Å². The third-order valence-corrected chi connectivity index (χ3v) is 4.61. The van der Waals surface area contributed by atoms with Crippen molar-refractivity contribution in [3.05, 3.63) is 46.4 Å². The van der Waals surface area contributed by atoms with Gasteiger partial charge in [0.25, 0.3) is 10.0 Å². The summed E-state index contributed by atoms with van der Waals surface area (Å²) in [7, 11) is -3.71. The number of aromatic nitrogens is 2. The van der Waals surface area contributed by atoms with Crippen LogP contribution in [-0.4, -0.2) is 18.4 Å². The van der Waals surface area contributed by atoms with Crippen molar-refractivity contribution in [3.8, 4) is 0 Å². The third-order valence-electron chi connectivity index (χ3n) is 2.75. The largest absolute Gasteiger partial charge is 0.263 e. The minimum atomic E-state index is -3.71. The normalized spacial score (nSPS) is 11.4. The number of nitrogens with zero attached hydrogens (tertiary/aromatic N) is 2. The van der Waals surface area contributed by atoms with E-state index >= 15 is 0 Å². The number of halogens is 1. The van der Waals surface area contributed by atoms with E-state index in [9.17, 15) is 8.42 Å². The lowest BCUT2D eigenvalue weighted by molar-refractivity contribution is 0.600. The Kier molecular flexibility index (Phi) is 3.96. The molecule has 2 rings (SSSR count). The van der Waals surface area contributed by atoms with E-state index in [-0.39, 0.29) is 15.9 Å². The molecular formula is C13H14ClN3O2S. The summed E-state index contributed by atoms with van der Waals surface area (Å²) in [6, 6.07) is 5.01. The number of aryl methyl sites for hydroxylation is 3. The van der Waals surface area contributed by atoms with Gasteiger partial charge in [-0.2, -0.15) is 0 Å². The molecule has 5 nitrogen and oxygen atoms in total. The first kappa shape index (κ1) is 14.7. The van der Waals surface area contributed by atoms with Gasteiger partial charge in [-0.3, -0.25) is 4.72 Å². The smallest absolute Gasteiger partial charge is 0.263 e. The SMILES string of the molecule is Cc1cc(C)c(S(=O)(=O)Nc2cc(Cl)ncn2)c(C)c1. The molecule has 0 unspecified atom stereocenters. The van der Waals surface area contributed by atoms with Gasteiger partial charge in [0.2, 0.25) is 0 Å². The molecule has 0 aliphatic rings. The predicted molar refractivity (Wildman–Crippen MR) is 78.5 cm³/mol. The van der Waals surface area contributed by atoms with E-state index in [1.807, 2.05) is 19.1 Å². The average molecular weight is 312 g/mol. The van der Waals surface area contributed by atoms with E-state index in [2.05, 4.69) is 14.7 Å². The van der Waals surface area contributed by atoms with Crippen molar-refractivity contribution < 1.29 is 8.42 Å². The van der Waals surface area contributed by atoms with Crippen molar-refractivity contribution in [1.29, 1.82) is 0 Å². The highest BCUT2D eigenvalue weighted by Crippen LogP contribution is 2.24. The van der Waals surface area contributed by atoms with Crippen molar-refractivity contribution in [3.63, 3.8) is 0 Å². The standard InChI is InChI=1S/C13H14ClN3O2S/c1-8-4-9(2)13(10(3)5-8)20(18,19)17-12-6-11(14)15-7-16-12/h4-7H,1-3H3,(H,15,16,17). The van der Waals surface area contributed by atoms with Crippen LogP contribution in [-0.2, 0) is 10.0 Å². The molecule has 1 aromatic heterocycles. The third kappa shape index (κ3) is 3.08. The molecule has 7 heteroatoms. The Morgan fingerprint density at radius 2 is 1.65 bits per heavy atom. The van der Waals surface area contributed by atoms with Crippen LogP contribution in [0.4, 0.5) is 5.82 Å². The predicted octanol–water partition coefficient (Wildman–Crippen LogP) is 2.86. The van der Waals surface area contributed by atoms with Gasteiger partial charge in [-0.1, -0.05) is 29.3 Å². The van der Waals surface area contributed by atoms with E-state index < -0.39 is 10.0 Å². The van der Waals surface area contributed by atoms with E-state index in [0.717, 1.165) is 5.56 Å². The summed E-state index contributed by atoms with van der Waals surface area (Å²) in [6.45, 7) is 5.46. The second-order valence-corrected chi connectivity index (χ2v) is 6.57. The summed E-state index contributed by atoms with van der Waals surface area (Å²) >= 11 is 5.72. The van der Waals surface area contributed by atoms with Crippen molar-refractivity contribution >= 4 is 27.4 Å². The fourth-order valence-electron chi connectivity index (χ4n) is 2.17. The lowest BCUT2D eigenvalue weighted by atomic mass is 10.1. The van der Waals surface area contributed by atoms with Gasteiger partial charge in [-0.15, -0.1) is 0 Å². The quantitative estimate of drug-likeness (QED) is 0.885. The summed E-state index contributed by atoms with van der Waals surface area (Å²) < 4.78 is 27.3. The number of hydrogen-bond donors (Lipinski definition) is 1. The molecule has 0 spiro atoms. The zero-order valence-electron chi connectivity index (χ0n) is 11.3. The summed E-state index contributed by atoms with van der Waals surface area (Å²) in [4.78, 5) is 7.81. The molecule has 2 aromatic rings. The maximum atomic E-state index is 12.5. The highest BCUT2D eigenvalue weighted by Gasteiger charge is 2.20. The van der Waals surface area contributed by atoms with Crippen LogP contribution >= 0.6 is 11.6 Å².